The van der Waals surface area contributed by atoms with E-state index in [2.05, 4.69) is 32.0 Å². The molecule has 0 radical (unpaired) electrons. The van der Waals surface area contributed by atoms with E-state index in [4.69, 9.17) is 17.3 Å². The first-order valence-corrected chi connectivity index (χ1v) is 9.51. The zero-order chi connectivity index (χ0) is 19.3. The Morgan fingerprint density at radius 3 is 2.93 bits per heavy atom. The van der Waals surface area contributed by atoms with Gasteiger partial charge in [-0.15, -0.1) is 0 Å². The molecule has 1 amide bonds. The van der Waals surface area contributed by atoms with E-state index < -0.39 is 0 Å². The second kappa shape index (κ2) is 6.24. The van der Waals surface area contributed by atoms with Crippen molar-refractivity contribution in [1.29, 1.82) is 0 Å². The molecule has 2 aromatic heterocycles. The molecular formula is C20H19ClN6O. The predicted octanol–water partition coefficient (Wildman–Crippen LogP) is 2.39. The van der Waals surface area contributed by atoms with Crippen molar-refractivity contribution >= 4 is 40.0 Å². The van der Waals surface area contributed by atoms with Gasteiger partial charge in [-0.05, 0) is 17.7 Å². The maximum Gasteiger partial charge on any atom is 0.228 e. The number of carbonyl (C=O) groups excluding carboxylic acids is 1. The normalized spacial score (nSPS) is 17.5. The molecule has 28 heavy (non-hydrogen) atoms. The van der Waals surface area contributed by atoms with Crippen LogP contribution in [0.2, 0.25) is 5.02 Å². The fourth-order valence-corrected chi connectivity index (χ4v) is 4.17. The quantitative estimate of drug-likeness (QED) is 0.525. The van der Waals surface area contributed by atoms with Crippen LogP contribution in [0.25, 0.3) is 11.0 Å². The molecule has 1 fully saturated rings. The van der Waals surface area contributed by atoms with Gasteiger partial charge in [0.25, 0.3) is 0 Å². The number of nitrogen functional groups attached to an aromatic ring is 1. The molecule has 1 aliphatic carbocycles. The molecule has 3 heterocycles. The summed E-state index contributed by atoms with van der Waals surface area (Å²) < 4.78 is 0. The number of nitrogens with one attached hydrogen (secondary N) is 1. The minimum absolute atomic E-state index is 0.0998. The van der Waals surface area contributed by atoms with Gasteiger partial charge in [0.15, 0.2) is 0 Å². The van der Waals surface area contributed by atoms with Crippen LogP contribution in [0.1, 0.15) is 5.56 Å². The Labute approximate surface area is 166 Å². The Balaban J connectivity index is 1.37. The summed E-state index contributed by atoms with van der Waals surface area (Å²) in [6, 6.07) is 7.49. The number of H-pyrrole nitrogens is 1. The number of fused-ring (bicyclic) bond motifs is 1. The third-order valence-electron chi connectivity index (χ3n) is 5.40. The summed E-state index contributed by atoms with van der Waals surface area (Å²) in [5, 5.41) is 1.42. The van der Waals surface area contributed by atoms with Gasteiger partial charge in [0.1, 0.15) is 17.8 Å². The molecule has 8 heteroatoms. The van der Waals surface area contributed by atoms with Gasteiger partial charge in [0.05, 0.1) is 28.9 Å². The molecule has 142 valence electrons. The third-order valence-corrected chi connectivity index (χ3v) is 5.70. The number of aromatic amines is 1. The average molecular weight is 395 g/mol. The van der Waals surface area contributed by atoms with Gasteiger partial charge in [-0.25, -0.2) is 9.97 Å². The van der Waals surface area contributed by atoms with E-state index in [1.54, 1.807) is 6.20 Å². The second-order valence-electron chi connectivity index (χ2n) is 7.27. The fraction of sp³-hybridized carbons (Fsp3) is 0.250. The molecule has 0 atom stereocenters. The maximum absolute atomic E-state index is 13.0. The molecule has 3 aromatic rings. The second-order valence-corrected chi connectivity index (χ2v) is 7.68. The third kappa shape index (κ3) is 2.79. The highest BCUT2D eigenvalue weighted by Gasteiger charge is 2.47. The van der Waals surface area contributed by atoms with Crippen LogP contribution in [0.4, 0.5) is 11.5 Å². The zero-order valence-electron chi connectivity index (χ0n) is 15.1. The maximum atomic E-state index is 13.0. The van der Waals surface area contributed by atoms with E-state index in [-0.39, 0.29) is 11.4 Å². The van der Waals surface area contributed by atoms with Gasteiger partial charge >= 0.3 is 0 Å². The minimum atomic E-state index is -0.351. The molecular weight excluding hydrogens is 376 g/mol. The molecule has 0 unspecified atom stereocenters. The van der Waals surface area contributed by atoms with E-state index in [9.17, 15) is 4.79 Å². The first-order chi connectivity index (χ1) is 13.6. The van der Waals surface area contributed by atoms with Crippen LogP contribution >= 0.6 is 11.6 Å². The average Bonchev–Trinajstić information content (AvgIpc) is 3.33. The van der Waals surface area contributed by atoms with Crippen molar-refractivity contribution in [3.8, 4) is 0 Å². The van der Waals surface area contributed by atoms with Crippen molar-refractivity contribution in [2.24, 2.45) is 0 Å². The summed E-state index contributed by atoms with van der Waals surface area (Å²) in [6.45, 7) is 1.95. The summed E-state index contributed by atoms with van der Waals surface area (Å²) in [5.74, 6) is 0.898. The fourth-order valence-electron chi connectivity index (χ4n) is 3.94. The van der Waals surface area contributed by atoms with Crippen molar-refractivity contribution in [3.63, 3.8) is 0 Å². The number of hydrogen-bond donors (Lipinski definition) is 2. The van der Waals surface area contributed by atoms with Crippen molar-refractivity contribution < 1.29 is 4.79 Å². The highest BCUT2D eigenvalue weighted by molar-refractivity contribution is 6.36. The van der Waals surface area contributed by atoms with Crippen molar-refractivity contribution in [1.82, 2.24) is 19.9 Å². The highest BCUT2D eigenvalue weighted by Crippen LogP contribution is 2.39. The Morgan fingerprint density at radius 1 is 1.29 bits per heavy atom. The number of anilines is 2. The number of aromatic nitrogens is 3. The van der Waals surface area contributed by atoms with Crippen molar-refractivity contribution in [2.45, 2.75) is 12.0 Å². The topological polar surface area (TPSA) is 91.1 Å². The number of hydrogen-bond acceptors (Lipinski definition) is 5. The minimum Gasteiger partial charge on any atom is -0.399 e. The Hall–Kier alpha value is -3.06. The van der Waals surface area contributed by atoms with Gasteiger partial charge in [-0.3, -0.25) is 4.79 Å². The van der Waals surface area contributed by atoms with Gasteiger partial charge in [-0.1, -0.05) is 35.9 Å². The Bertz CT molecular complexity index is 1100. The first-order valence-electron chi connectivity index (χ1n) is 9.13. The summed E-state index contributed by atoms with van der Waals surface area (Å²) >= 11 is 6.34. The molecule has 1 aromatic carbocycles. The molecule has 5 rings (SSSR count). The molecule has 2 aliphatic rings. The van der Waals surface area contributed by atoms with Crippen LogP contribution in [0.3, 0.4) is 0 Å². The monoisotopic (exact) mass is 394 g/mol. The summed E-state index contributed by atoms with van der Waals surface area (Å²) in [7, 11) is 0. The molecule has 7 nitrogen and oxygen atoms in total. The molecule has 3 N–H and O–H groups in total. The van der Waals surface area contributed by atoms with Gasteiger partial charge in [0.2, 0.25) is 5.91 Å². The number of piperazine rings is 1. The summed E-state index contributed by atoms with van der Waals surface area (Å²) in [4.78, 5) is 28.9. The van der Waals surface area contributed by atoms with E-state index in [0.717, 1.165) is 16.8 Å². The van der Waals surface area contributed by atoms with E-state index in [1.807, 2.05) is 29.2 Å². The number of amides is 1. The number of rotatable bonds is 3. The number of carbonyl (C=O) groups is 1. The van der Waals surface area contributed by atoms with Crippen LogP contribution < -0.4 is 10.6 Å². The largest absolute Gasteiger partial charge is 0.399 e. The lowest BCUT2D eigenvalue weighted by atomic mass is 10.0. The SMILES string of the molecule is Nc1cccc(CC(=O)N2CCN(c3ncnc4[nH]cc(Cl)c34)CC23C=C3)c1. The Morgan fingerprint density at radius 2 is 2.14 bits per heavy atom. The van der Waals surface area contributed by atoms with Gasteiger partial charge in [-0.2, -0.15) is 0 Å². The molecule has 0 saturated carbocycles. The lowest BCUT2D eigenvalue weighted by Crippen LogP contribution is -2.58. The summed E-state index contributed by atoms with van der Waals surface area (Å²) in [5.41, 5.74) is 7.81. The van der Waals surface area contributed by atoms with E-state index in [0.29, 0.717) is 42.4 Å². The van der Waals surface area contributed by atoms with Crippen molar-refractivity contribution in [3.05, 3.63) is 59.5 Å². The standard InChI is InChI=1S/C20H19ClN6O/c21-15-10-23-18-17(15)19(25-12-24-18)26-6-7-27(20(11-26)4-5-20)16(28)9-13-2-1-3-14(22)8-13/h1-5,8,10,12H,6-7,9,11,22H2,(H,23,24,25). The first kappa shape index (κ1) is 17.1. The van der Waals surface area contributed by atoms with E-state index in [1.165, 1.54) is 6.33 Å². The number of nitrogens with zero attached hydrogens (tertiary/aromatic N) is 4. The van der Waals surface area contributed by atoms with Crippen LogP contribution in [0.5, 0.6) is 0 Å². The van der Waals surface area contributed by atoms with Crippen LogP contribution in [-0.2, 0) is 11.2 Å². The number of nitrogens with two attached hydrogens (primary N) is 1. The number of benzene rings is 1. The van der Waals surface area contributed by atoms with Crippen molar-refractivity contribution in [2.75, 3.05) is 30.3 Å². The molecule has 1 saturated heterocycles. The zero-order valence-corrected chi connectivity index (χ0v) is 15.9. The van der Waals surface area contributed by atoms with Crippen LogP contribution in [0, 0.1) is 0 Å². The Kier molecular flexibility index (Phi) is 3.80. The number of halogens is 1. The smallest absolute Gasteiger partial charge is 0.228 e. The predicted molar refractivity (Wildman–Crippen MR) is 109 cm³/mol. The van der Waals surface area contributed by atoms with Crippen LogP contribution in [0.15, 0.2) is 48.9 Å². The van der Waals surface area contributed by atoms with Gasteiger partial charge < -0.3 is 20.5 Å². The lowest BCUT2D eigenvalue weighted by Gasteiger charge is -2.43. The van der Waals surface area contributed by atoms with Gasteiger partial charge in [0, 0.05) is 25.0 Å². The summed E-state index contributed by atoms with van der Waals surface area (Å²) in [6.07, 6.45) is 7.76. The van der Waals surface area contributed by atoms with E-state index >= 15 is 0 Å². The van der Waals surface area contributed by atoms with Crippen LogP contribution in [-0.4, -0.2) is 50.9 Å². The molecule has 0 bridgehead atoms. The highest BCUT2D eigenvalue weighted by atomic mass is 35.5. The lowest BCUT2D eigenvalue weighted by molar-refractivity contribution is -0.133. The molecule has 1 spiro atoms. The molecule has 1 aliphatic heterocycles.